The highest BCUT2D eigenvalue weighted by atomic mass is 35.5. The Kier molecular flexibility index (Phi) is 5.52. The van der Waals surface area contributed by atoms with Crippen LogP contribution in [0.4, 0.5) is 5.69 Å². The highest BCUT2D eigenvalue weighted by Gasteiger charge is 2.48. The molecule has 0 bridgehead atoms. The molecule has 1 aliphatic heterocycles. The monoisotopic (exact) mass is 457 g/mol. The van der Waals surface area contributed by atoms with Crippen LogP contribution < -0.4 is 9.64 Å². The largest absolute Gasteiger partial charge is 0.507 e. The normalized spacial score (nSPS) is 17.9. The van der Waals surface area contributed by atoms with E-state index in [0.717, 1.165) is 0 Å². The molecular formula is C23H17Cl2NO5. The van der Waals surface area contributed by atoms with E-state index in [0.29, 0.717) is 33.0 Å². The Morgan fingerprint density at radius 3 is 2.39 bits per heavy atom. The third-order valence-corrected chi connectivity index (χ3v) is 5.57. The fourth-order valence-corrected chi connectivity index (χ4v) is 3.85. The number of carbonyl (C=O) groups excluding carboxylic acids is 2. The summed E-state index contributed by atoms with van der Waals surface area (Å²) in [4.78, 5) is 27.4. The number of benzene rings is 2. The number of furan rings is 1. The van der Waals surface area contributed by atoms with Crippen LogP contribution in [0.5, 0.6) is 5.75 Å². The van der Waals surface area contributed by atoms with Crippen molar-refractivity contribution >= 4 is 46.3 Å². The van der Waals surface area contributed by atoms with E-state index < -0.39 is 17.7 Å². The minimum atomic E-state index is -0.962. The number of carbonyl (C=O) groups is 2. The predicted molar refractivity (Wildman–Crippen MR) is 118 cm³/mol. The molecule has 0 spiro atoms. The van der Waals surface area contributed by atoms with Crippen LogP contribution in [0.15, 0.2) is 64.6 Å². The molecule has 2 heterocycles. The Labute approximate surface area is 188 Å². The SMILES string of the molecule is COc1cc(/C(O)=C2/C(=O)C(=O)N(c3ccc(Cl)cc3)C2c2ccc(C)o2)ccc1Cl. The van der Waals surface area contributed by atoms with Crippen molar-refractivity contribution in [3.63, 3.8) is 0 Å². The number of nitrogens with zero attached hydrogens (tertiary/aromatic N) is 1. The molecule has 31 heavy (non-hydrogen) atoms. The Hall–Kier alpha value is -3.22. The van der Waals surface area contributed by atoms with Gasteiger partial charge in [0.05, 0.1) is 17.7 Å². The van der Waals surface area contributed by atoms with Gasteiger partial charge in [-0.1, -0.05) is 23.2 Å². The van der Waals surface area contributed by atoms with Gasteiger partial charge in [0.1, 0.15) is 29.1 Å². The lowest BCUT2D eigenvalue weighted by molar-refractivity contribution is -0.132. The number of halogens is 2. The van der Waals surface area contributed by atoms with Gasteiger partial charge in [-0.25, -0.2) is 0 Å². The van der Waals surface area contributed by atoms with Crippen LogP contribution in [-0.4, -0.2) is 23.9 Å². The summed E-state index contributed by atoms with van der Waals surface area (Å²) >= 11 is 12.1. The number of ketones is 1. The van der Waals surface area contributed by atoms with Crippen LogP contribution in [0.3, 0.4) is 0 Å². The van der Waals surface area contributed by atoms with Crippen LogP contribution in [0.25, 0.3) is 5.76 Å². The molecule has 1 amide bonds. The molecule has 3 aromatic rings. The standard InChI is InChI=1S/C23H17Cl2NO5/c1-12-3-10-17(31-12)20-19(21(27)13-4-9-16(25)18(11-13)30-2)22(28)23(29)26(20)15-7-5-14(24)6-8-15/h3-11,20,27H,1-2H3/b21-19-. The maximum Gasteiger partial charge on any atom is 0.300 e. The number of rotatable bonds is 4. The van der Waals surface area contributed by atoms with E-state index in [9.17, 15) is 14.7 Å². The second kappa shape index (κ2) is 8.13. The van der Waals surface area contributed by atoms with Gasteiger partial charge in [-0.15, -0.1) is 0 Å². The van der Waals surface area contributed by atoms with E-state index >= 15 is 0 Å². The summed E-state index contributed by atoms with van der Waals surface area (Å²) in [6.07, 6.45) is 0. The number of Topliss-reactive ketones (excluding diaryl/α,β-unsaturated/α-hetero) is 1. The first kappa shape index (κ1) is 21.0. The van der Waals surface area contributed by atoms with E-state index in [1.165, 1.54) is 24.1 Å². The van der Waals surface area contributed by atoms with Gasteiger partial charge < -0.3 is 14.3 Å². The first-order chi connectivity index (χ1) is 14.8. The molecule has 0 aliphatic carbocycles. The zero-order valence-corrected chi connectivity index (χ0v) is 18.1. The van der Waals surface area contributed by atoms with Gasteiger partial charge in [-0.2, -0.15) is 0 Å². The van der Waals surface area contributed by atoms with Crippen molar-refractivity contribution < 1.29 is 23.8 Å². The van der Waals surface area contributed by atoms with Crippen molar-refractivity contribution in [1.29, 1.82) is 0 Å². The average Bonchev–Trinajstić information content (AvgIpc) is 3.30. The van der Waals surface area contributed by atoms with E-state index in [1.54, 1.807) is 49.4 Å². The minimum absolute atomic E-state index is 0.0984. The fraction of sp³-hybridized carbons (Fsp3) is 0.130. The van der Waals surface area contributed by atoms with Gasteiger partial charge in [-0.05, 0) is 61.5 Å². The number of amides is 1. The number of hydrogen-bond donors (Lipinski definition) is 1. The quantitative estimate of drug-likeness (QED) is 0.316. The van der Waals surface area contributed by atoms with E-state index in [2.05, 4.69) is 0 Å². The average molecular weight is 458 g/mol. The lowest BCUT2D eigenvalue weighted by atomic mass is 9.99. The van der Waals surface area contributed by atoms with Gasteiger partial charge in [0, 0.05) is 16.3 Å². The zero-order valence-electron chi connectivity index (χ0n) is 16.6. The Balaban J connectivity index is 1.93. The highest BCUT2D eigenvalue weighted by Crippen LogP contribution is 2.43. The number of anilines is 1. The van der Waals surface area contributed by atoms with Crippen LogP contribution >= 0.6 is 23.2 Å². The second-order valence-electron chi connectivity index (χ2n) is 6.94. The molecule has 1 N–H and O–H groups in total. The van der Waals surface area contributed by atoms with E-state index in [-0.39, 0.29) is 16.9 Å². The smallest absolute Gasteiger partial charge is 0.300 e. The summed E-state index contributed by atoms with van der Waals surface area (Å²) in [6, 6.07) is 13.5. The Morgan fingerprint density at radius 1 is 1.06 bits per heavy atom. The Bertz CT molecular complexity index is 1210. The van der Waals surface area contributed by atoms with Crippen molar-refractivity contribution in [1.82, 2.24) is 0 Å². The van der Waals surface area contributed by atoms with Gasteiger partial charge in [0.2, 0.25) is 0 Å². The topological polar surface area (TPSA) is 80.0 Å². The van der Waals surface area contributed by atoms with Crippen LogP contribution in [0.1, 0.15) is 23.1 Å². The second-order valence-corrected chi connectivity index (χ2v) is 7.79. The summed E-state index contributed by atoms with van der Waals surface area (Å²) in [5, 5.41) is 11.9. The fourth-order valence-electron chi connectivity index (χ4n) is 3.53. The number of aliphatic hydroxyl groups excluding tert-OH is 1. The van der Waals surface area contributed by atoms with Crippen LogP contribution in [0, 0.1) is 6.92 Å². The van der Waals surface area contributed by atoms with Gasteiger partial charge in [0.25, 0.3) is 11.7 Å². The lowest BCUT2D eigenvalue weighted by Crippen LogP contribution is -2.29. The van der Waals surface area contributed by atoms with Crippen molar-refractivity contribution in [3.8, 4) is 5.75 Å². The van der Waals surface area contributed by atoms with E-state index in [4.69, 9.17) is 32.4 Å². The van der Waals surface area contributed by atoms with E-state index in [1.807, 2.05) is 0 Å². The van der Waals surface area contributed by atoms with Crippen molar-refractivity contribution in [3.05, 3.63) is 87.3 Å². The van der Waals surface area contributed by atoms with Crippen molar-refractivity contribution in [2.75, 3.05) is 12.0 Å². The third-order valence-electron chi connectivity index (χ3n) is 5.00. The number of aryl methyl sites for hydroxylation is 1. The van der Waals surface area contributed by atoms with Crippen molar-refractivity contribution in [2.24, 2.45) is 0 Å². The first-order valence-corrected chi connectivity index (χ1v) is 10.0. The summed E-state index contributed by atoms with van der Waals surface area (Å²) in [5.41, 5.74) is 0.626. The summed E-state index contributed by atoms with van der Waals surface area (Å²) in [7, 11) is 1.44. The molecule has 0 saturated carbocycles. The third kappa shape index (κ3) is 3.69. The van der Waals surface area contributed by atoms with Gasteiger partial charge >= 0.3 is 0 Å². The number of methoxy groups -OCH3 is 1. The molecule has 158 valence electrons. The molecule has 1 aliphatic rings. The predicted octanol–water partition coefficient (Wildman–Crippen LogP) is 5.53. The summed E-state index contributed by atoms with van der Waals surface area (Å²) < 4.78 is 11.0. The highest BCUT2D eigenvalue weighted by molar-refractivity contribution is 6.51. The molecule has 0 radical (unpaired) electrons. The molecule has 1 aromatic heterocycles. The Morgan fingerprint density at radius 2 is 1.77 bits per heavy atom. The van der Waals surface area contributed by atoms with Gasteiger partial charge in [0.15, 0.2) is 0 Å². The molecule has 8 heteroatoms. The molecule has 1 saturated heterocycles. The van der Waals surface area contributed by atoms with Crippen LogP contribution in [0.2, 0.25) is 10.0 Å². The van der Waals surface area contributed by atoms with Crippen molar-refractivity contribution in [2.45, 2.75) is 13.0 Å². The summed E-state index contributed by atoms with van der Waals surface area (Å²) in [5.74, 6) is -0.713. The molecule has 1 fully saturated rings. The molecular weight excluding hydrogens is 441 g/mol. The molecule has 4 rings (SSSR count). The number of aliphatic hydroxyl groups is 1. The van der Waals surface area contributed by atoms with Crippen LogP contribution in [-0.2, 0) is 9.59 Å². The molecule has 1 atom stereocenters. The maximum atomic E-state index is 13.0. The molecule has 1 unspecified atom stereocenters. The molecule has 6 nitrogen and oxygen atoms in total. The lowest BCUT2D eigenvalue weighted by Gasteiger charge is -2.23. The van der Waals surface area contributed by atoms with Gasteiger partial charge in [-0.3, -0.25) is 14.5 Å². The first-order valence-electron chi connectivity index (χ1n) is 9.28. The minimum Gasteiger partial charge on any atom is -0.507 e. The number of hydrogen-bond acceptors (Lipinski definition) is 5. The summed E-state index contributed by atoms with van der Waals surface area (Å²) in [6.45, 7) is 1.75. The molecule has 2 aromatic carbocycles. The maximum absolute atomic E-state index is 13.0. The zero-order chi connectivity index (χ0) is 22.3. The number of ether oxygens (including phenoxy) is 1.